The van der Waals surface area contributed by atoms with Gasteiger partial charge < -0.3 is 14.2 Å². The van der Waals surface area contributed by atoms with E-state index in [1.807, 2.05) is 0 Å². The minimum atomic E-state index is -0.442. The highest BCUT2D eigenvalue weighted by atomic mass is 16.7. The highest BCUT2D eigenvalue weighted by molar-refractivity contribution is 6.64. The van der Waals surface area contributed by atoms with Crippen LogP contribution in [0.1, 0.15) is 52.7 Å². The fourth-order valence-electron chi connectivity index (χ4n) is 7.32. The van der Waals surface area contributed by atoms with Gasteiger partial charge in [0, 0.05) is 22.5 Å². The Morgan fingerprint density at radius 1 is 0.489 bits per heavy atom. The van der Waals surface area contributed by atoms with Crippen LogP contribution in [0.2, 0.25) is 0 Å². The summed E-state index contributed by atoms with van der Waals surface area (Å²) >= 11 is 0. The van der Waals surface area contributed by atoms with Crippen LogP contribution in [0.5, 0.6) is 0 Å². The molecule has 0 N–H and O–H groups in total. The summed E-state index contributed by atoms with van der Waals surface area (Å²) < 4.78 is 13.3. The molecule has 0 bridgehead atoms. The molecule has 1 aliphatic carbocycles. The van der Waals surface area contributed by atoms with Crippen molar-refractivity contribution >= 4 is 40.4 Å². The molecule has 0 saturated carbocycles. The zero-order valence-corrected chi connectivity index (χ0v) is 28.0. The largest absolute Gasteiger partial charge is 0.495 e. The molecule has 0 spiro atoms. The predicted molar refractivity (Wildman–Crippen MR) is 197 cm³/mol. The number of rotatable bonds is 5. The Kier molecular flexibility index (Phi) is 6.77. The van der Waals surface area contributed by atoms with E-state index in [0.717, 1.165) is 22.5 Å². The lowest BCUT2D eigenvalue weighted by atomic mass is 9.73. The molecule has 0 atom stereocenters. The molecule has 6 aromatic rings. The van der Waals surface area contributed by atoms with Crippen molar-refractivity contribution in [1.29, 1.82) is 0 Å². The number of hydrogen-bond acceptors (Lipinski definition) is 3. The molecule has 1 aliphatic heterocycles. The first-order valence-electron chi connectivity index (χ1n) is 16.6. The number of fused-ring (bicyclic) bond motifs is 4. The minimum Gasteiger partial charge on any atom is -0.399 e. The Labute approximate surface area is 278 Å². The standard InChI is InChI=1S/C43H40BNO2/c1-41(2)37-26-25-35(28-36(37)40-38(41)17-12-18-39(40)44-46-42(3,4)43(5,6)47-44)45(34-24-21-30-15-10-11-16-32(30)27-34)33-22-19-31(20-23-33)29-13-8-7-9-14-29/h7-28H,1-6H3. The average molecular weight is 614 g/mol. The maximum atomic E-state index is 6.63. The maximum Gasteiger partial charge on any atom is 0.495 e. The maximum absolute atomic E-state index is 6.63. The van der Waals surface area contributed by atoms with E-state index in [0.29, 0.717) is 0 Å². The summed E-state index contributed by atoms with van der Waals surface area (Å²) in [6, 6.07) is 48.4. The molecule has 0 aromatic heterocycles. The molecule has 0 amide bonds. The van der Waals surface area contributed by atoms with Crippen LogP contribution in [-0.2, 0) is 14.7 Å². The molecule has 1 saturated heterocycles. The Balaban J connectivity index is 1.29. The van der Waals surface area contributed by atoms with E-state index in [2.05, 4.69) is 180 Å². The first kappa shape index (κ1) is 29.7. The van der Waals surface area contributed by atoms with Crippen molar-refractivity contribution in [3.05, 3.63) is 145 Å². The van der Waals surface area contributed by atoms with E-state index >= 15 is 0 Å². The van der Waals surface area contributed by atoms with Crippen LogP contribution < -0.4 is 10.4 Å². The molecule has 3 nitrogen and oxygen atoms in total. The first-order chi connectivity index (χ1) is 22.5. The van der Waals surface area contributed by atoms with Crippen molar-refractivity contribution in [3.63, 3.8) is 0 Å². The molecule has 47 heavy (non-hydrogen) atoms. The van der Waals surface area contributed by atoms with E-state index in [1.54, 1.807) is 0 Å². The van der Waals surface area contributed by atoms with Crippen LogP contribution >= 0.6 is 0 Å². The van der Waals surface area contributed by atoms with Gasteiger partial charge in [0.25, 0.3) is 0 Å². The predicted octanol–water partition coefficient (Wildman–Crippen LogP) is 10.6. The van der Waals surface area contributed by atoms with Gasteiger partial charge in [0.05, 0.1) is 11.2 Å². The van der Waals surface area contributed by atoms with E-state index in [1.165, 1.54) is 44.2 Å². The van der Waals surface area contributed by atoms with Crippen molar-refractivity contribution < 1.29 is 9.31 Å². The van der Waals surface area contributed by atoms with Crippen LogP contribution in [0.3, 0.4) is 0 Å². The van der Waals surface area contributed by atoms with Gasteiger partial charge in [0.15, 0.2) is 0 Å². The van der Waals surface area contributed by atoms with E-state index < -0.39 is 18.3 Å². The lowest BCUT2D eigenvalue weighted by Crippen LogP contribution is -2.41. The summed E-state index contributed by atoms with van der Waals surface area (Å²) in [6.07, 6.45) is 0. The number of benzene rings is 6. The SMILES string of the molecule is CC1(C)c2ccc(N(c3ccc(-c4ccccc4)cc3)c3ccc4ccccc4c3)cc2-c2c(B3OC(C)(C)C(C)(C)O3)cccc21. The normalized spacial score (nSPS) is 17.0. The van der Waals surface area contributed by atoms with Gasteiger partial charge in [-0.15, -0.1) is 0 Å². The second-order valence-electron chi connectivity index (χ2n) is 14.5. The summed E-state index contributed by atoms with van der Waals surface area (Å²) in [6.45, 7) is 13.1. The second kappa shape index (κ2) is 10.7. The lowest BCUT2D eigenvalue weighted by Gasteiger charge is -2.32. The van der Waals surface area contributed by atoms with Crippen LogP contribution in [-0.4, -0.2) is 18.3 Å². The molecule has 0 unspecified atom stereocenters. The molecule has 1 heterocycles. The van der Waals surface area contributed by atoms with Crippen molar-refractivity contribution in [2.75, 3.05) is 4.90 Å². The fraction of sp³-hybridized carbons (Fsp3) is 0.209. The smallest absolute Gasteiger partial charge is 0.399 e. The third-order valence-electron chi connectivity index (χ3n) is 10.7. The zero-order valence-electron chi connectivity index (χ0n) is 28.0. The molecular formula is C43H40BNO2. The Bertz CT molecular complexity index is 2120. The lowest BCUT2D eigenvalue weighted by molar-refractivity contribution is 0.00578. The van der Waals surface area contributed by atoms with Crippen LogP contribution in [0, 0.1) is 0 Å². The van der Waals surface area contributed by atoms with Gasteiger partial charge in [-0.1, -0.05) is 111 Å². The van der Waals surface area contributed by atoms with E-state index in [-0.39, 0.29) is 5.41 Å². The monoisotopic (exact) mass is 613 g/mol. The first-order valence-corrected chi connectivity index (χ1v) is 16.6. The van der Waals surface area contributed by atoms with Crippen molar-refractivity contribution in [3.8, 4) is 22.3 Å². The summed E-state index contributed by atoms with van der Waals surface area (Å²) in [5, 5.41) is 2.44. The number of anilines is 3. The molecule has 6 aromatic carbocycles. The van der Waals surface area contributed by atoms with Crippen molar-refractivity contribution in [1.82, 2.24) is 0 Å². The van der Waals surface area contributed by atoms with Gasteiger partial charge in [-0.2, -0.15) is 0 Å². The van der Waals surface area contributed by atoms with E-state index in [9.17, 15) is 0 Å². The van der Waals surface area contributed by atoms with Gasteiger partial charge in [-0.25, -0.2) is 0 Å². The molecule has 232 valence electrons. The van der Waals surface area contributed by atoms with Crippen LogP contribution in [0.25, 0.3) is 33.0 Å². The number of nitrogens with zero attached hydrogens (tertiary/aromatic N) is 1. The summed E-state index contributed by atoms with van der Waals surface area (Å²) in [5.41, 5.74) is 10.9. The molecule has 4 heteroatoms. The topological polar surface area (TPSA) is 21.7 Å². The third kappa shape index (κ3) is 4.82. The Hall–Kier alpha value is -4.64. The van der Waals surface area contributed by atoms with Crippen LogP contribution in [0.4, 0.5) is 17.1 Å². The van der Waals surface area contributed by atoms with E-state index in [4.69, 9.17) is 9.31 Å². The molecule has 0 radical (unpaired) electrons. The zero-order chi connectivity index (χ0) is 32.6. The Morgan fingerprint density at radius 3 is 1.81 bits per heavy atom. The quantitative estimate of drug-likeness (QED) is 0.181. The molecule has 8 rings (SSSR count). The highest BCUT2D eigenvalue weighted by Crippen LogP contribution is 2.51. The number of hydrogen-bond donors (Lipinski definition) is 0. The van der Waals surface area contributed by atoms with Crippen molar-refractivity contribution in [2.24, 2.45) is 0 Å². The Morgan fingerprint density at radius 2 is 1.09 bits per heavy atom. The van der Waals surface area contributed by atoms with Gasteiger partial charge in [0.1, 0.15) is 0 Å². The van der Waals surface area contributed by atoms with Gasteiger partial charge in [-0.3, -0.25) is 0 Å². The third-order valence-corrected chi connectivity index (χ3v) is 10.7. The van der Waals surface area contributed by atoms with Gasteiger partial charge in [0.2, 0.25) is 0 Å². The molecule has 2 aliphatic rings. The second-order valence-corrected chi connectivity index (χ2v) is 14.5. The molecular weight excluding hydrogens is 573 g/mol. The fourth-order valence-corrected chi connectivity index (χ4v) is 7.32. The summed E-state index contributed by atoms with van der Waals surface area (Å²) in [5.74, 6) is 0. The van der Waals surface area contributed by atoms with Crippen molar-refractivity contribution in [2.45, 2.75) is 58.2 Å². The highest BCUT2D eigenvalue weighted by Gasteiger charge is 2.53. The average Bonchev–Trinajstić information content (AvgIpc) is 3.44. The van der Waals surface area contributed by atoms with Gasteiger partial charge in [-0.05, 0) is 114 Å². The minimum absolute atomic E-state index is 0.159. The van der Waals surface area contributed by atoms with Crippen LogP contribution in [0.15, 0.2) is 133 Å². The summed E-state index contributed by atoms with van der Waals surface area (Å²) in [4.78, 5) is 2.38. The van der Waals surface area contributed by atoms with Gasteiger partial charge >= 0.3 is 7.12 Å². The molecule has 1 fully saturated rings. The summed E-state index contributed by atoms with van der Waals surface area (Å²) in [7, 11) is -0.442.